The lowest BCUT2D eigenvalue weighted by Crippen LogP contribution is -2.34. The van der Waals surface area contributed by atoms with Crippen molar-refractivity contribution in [3.63, 3.8) is 0 Å². The zero-order chi connectivity index (χ0) is 18.8. The number of amides is 2. The molecule has 0 aliphatic carbocycles. The summed E-state index contributed by atoms with van der Waals surface area (Å²) in [6.07, 6.45) is 1.44. The maximum atomic E-state index is 12.3. The van der Waals surface area contributed by atoms with E-state index in [0.29, 0.717) is 27.1 Å². The van der Waals surface area contributed by atoms with Crippen molar-refractivity contribution in [3.8, 4) is 11.3 Å². The molecule has 0 bridgehead atoms. The Balaban J connectivity index is 1.83. The lowest BCUT2D eigenvalue weighted by atomic mass is 10.2. The van der Waals surface area contributed by atoms with E-state index in [2.05, 4.69) is 4.74 Å². The molecule has 0 saturated carbocycles. The molecule has 3 rings (SSSR count). The number of rotatable bonds is 4. The summed E-state index contributed by atoms with van der Waals surface area (Å²) in [6.45, 7) is -0.428. The molecule has 2 heterocycles. The number of nitrogens with zero attached hydrogens (tertiary/aromatic N) is 1. The van der Waals surface area contributed by atoms with Crippen LogP contribution in [0.15, 0.2) is 39.7 Å². The number of hydrogen-bond acceptors (Lipinski definition) is 6. The molecule has 1 aliphatic rings. The molecule has 0 N–H and O–H groups in total. The Morgan fingerprint density at radius 2 is 2.04 bits per heavy atom. The van der Waals surface area contributed by atoms with Crippen LogP contribution in [0.1, 0.15) is 5.76 Å². The number of thioether (sulfide) groups is 1. The number of hydrogen-bond donors (Lipinski definition) is 0. The van der Waals surface area contributed by atoms with Crippen LogP contribution < -0.4 is 0 Å². The number of ether oxygens (including phenoxy) is 1. The summed E-state index contributed by atoms with van der Waals surface area (Å²) in [5.74, 6) is -0.389. The second kappa shape index (κ2) is 7.57. The summed E-state index contributed by atoms with van der Waals surface area (Å²) >= 11 is 12.8. The van der Waals surface area contributed by atoms with Crippen molar-refractivity contribution in [1.82, 2.24) is 4.90 Å². The fourth-order valence-corrected chi connectivity index (χ4v) is 3.54. The summed E-state index contributed by atoms with van der Waals surface area (Å²) in [5, 5.41) is 0.390. The van der Waals surface area contributed by atoms with Crippen molar-refractivity contribution in [3.05, 3.63) is 51.0 Å². The van der Waals surface area contributed by atoms with Crippen LogP contribution in [0.5, 0.6) is 0 Å². The topological polar surface area (TPSA) is 76.8 Å². The zero-order valence-electron chi connectivity index (χ0n) is 13.3. The number of carbonyl (C=O) groups excluding carboxylic acids is 3. The van der Waals surface area contributed by atoms with Gasteiger partial charge in [0.25, 0.3) is 11.1 Å². The summed E-state index contributed by atoms with van der Waals surface area (Å²) in [6, 6.07) is 8.34. The van der Waals surface area contributed by atoms with Crippen molar-refractivity contribution in [2.45, 2.75) is 0 Å². The van der Waals surface area contributed by atoms with Gasteiger partial charge in [0.15, 0.2) is 0 Å². The molecule has 2 amide bonds. The fraction of sp³-hybridized carbons (Fsp3) is 0.118. The van der Waals surface area contributed by atoms with Gasteiger partial charge in [-0.25, -0.2) is 0 Å². The number of halogens is 2. The van der Waals surface area contributed by atoms with E-state index in [1.807, 2.05) is 0 Å². The molecule has 26 heavy (non-hydrogen) atoms. The minimum Gasteiger partial charge on any atom is -0.468 e. The molecule has 1 saturated heterocycles. The molecule has 6 nitrogen and oxygen atoms in total. The minimum atomic E-state index is -0.675. The summed E-state index contributed by atoms with van der Waals surface area (Å²) in [5.41, 5.74) is 0.648. The number of benzene rings is 1. The molecule has 0 unspecified atom stereocenters. The second-order valence-electron chi connectivity index (χ2n) is 5.17. The third-order valence-corrected chi connectivity index (χ3v) is 4.94. The van der Waals surface area contributed by atoms with Crippen LogP contribution >= 0.6 is 35.0 Å². The average Bonchev–Trinajstić information content (AvgIpc) is 3.15. The molecule has 0 atom stereocenters. The van der Waals surface area contributed by atoms with E-state index in [1.165, 1.54) is 13.2 Å². The standard InChI is InChI=1S/C17H11Cl2NO5S/c1-24-15(21)8-20-16(22)14(26-17(20)23)7-10-3-5-13(25-10)11-4-2-9(18)6-12(11)19/h2-7H,8H2,1H3/b14-7+. The number of furan rings is 1. The molecule has 134 valence electrons. The minimum absolute atomic E-state index is 0.155. The van der Waals surface area contributed by atoms with Crippen LogP contribution in [0, 0.1) is 0 Å². The molecule has 0 radical (unpaired) electrons. The van der Waals surface area contributed by atoms with Gasteiger partial charge in [0, 0.05) is 16.7 Å². The van der Waals surface area contributed by atoms with Crippen molar-refractivity contribution in [2.24, 2.45) is 0 Å². The van der Waals surface area contributed by atoms with Crippen LogP contribution in [0.4, 0.5) is 4.79 Å². The highest BCUT2D eigenvalue weighted by molar-refractivity contribution is 8.18. The van der Waals surface area contributed by atoms with Crippen molar-refractivity contribution in [1.29, 1.82) is 0 Å². The largest absolute Gasteiger partial charge is 0.468 e. The molecule has 0 spiro atoms. The van der Waals surface area contributed by atoms with Crippen molar-refractivity contribution >= 4 is 58.2 Å². The molecule has 9 heteroatoms. The first-order valence-electron chi connectivity index (χ1n) is 7.26. The number of methoxy groups -OCH3 is 1. The SMILES string of the molecule is COC(=O)CN1C(=O)S/C(=C/c2ccc(-c3ccc(Cl)cc3Cl)o2)C1=O. The molecule has 1 aromatic carbocycles. The Bertz CT molecular complexity index is 937. The van der Waals surface area contributed by atoms with Crippen LogP contribution in [0.2, 0.25) is 10.0 Å². The predicted octanol–water partition coefficient (Wildman–Crippen LogP) is 4.46. The molecular weight excluding hydrogens is 401 g/mol. The lowest BCUT2D eigenvalue weighted by molar-refractivity contribution is -0.143. The first kappa shape index (κ1) is 18.6. The van der Waals surface area contributed by atoms with Crippen molar-refractivity contribution in [2.75, 3.05) is 13.7 Å². The normalized spacial score (nSPS) is 15.8. The third kappa shape index (κ3) is 3.80. The molecule has 1 aliphatic heterocycles. The van der Waals surface area contributed by atoms with Gasteiger partial charge in [-0.1, -0.05) is 23.2 Å². The molecular formula is C17H11Cl2NO5S. The maximum Gasteiger partial charge on any atom is 0.325 e. The molecule has 1 fully saturated rings. The van der Waals surface area contributed by atoms with E-state index >= 15 is 0 Å². The van der Waals surface area contributed by atoms with E-state index in [-0.39, 0.29) is 4.91 Å². The predicted molar refractivity (Wildman–Crippen MR) is 98.9 cm³/mol. The van der Waals surface area contributed by atoms with Crippen LogP contribution in [-0.2, 0) is 14.3 Å². The maximum absolute atomic E-state index is 12.3. The quantitative estimate of drug-likeness (QED) is 0.545. The third-order valence-electron chi connectivity index (χ3n) is 3.49. The number of imide groups is 1. The molecule has 2 aromatic rings. The fourth-order valence-electron chi connectivity index (χ4n) is 2.22. The van der Waals surface area contributed by atoms with E-state index in [0.717, 1.165) is 16.7 Å². The van der Waals surface area contributed by atoms with Crippen molar-refractivity contribution < 1.29 is 23.5 Å². The van der Waals surface area contributed by atoms with Gasteiger partial charge in [0.05, 0.1) is 17.0 Å². The number of carbonyl (C=O) groups is 3. The van der Waals surface area contributed by atoms with Gasteiger partial charge in [-0.2, -0.15) is 0 Å². The summed E-state index contributed by atoms with van der Waals surface area (Å²) < 4.78 is 10.2. The average molecular weight is 412 g/mol. The summed E-state index contributed by atoms with van der Waals surface area (Å²) in [7, 11) is 1.18. The first-order valence-corrected chi connectivity index (χ1v) is 8.83. The van der Waals surface area contributed by atoms with Crippen LogP contribution in [0.3, 0.4) is 0 Å². The van der Waals surface area contributed by atoms with E-state index in [4.69, 9.17) is 27.6 Å². The Morgan fingerprint density at radius 1 is 1.27 bits per heavy atom. The van der Waals surface area contributed by atoms with Gasteiger partial charge in [0.1, 0.15) is 18.1 Å². The second-order valence-corrected chi connectivity index (χ2v) is 7.01. The van der Waals surface area contributed by atoms with Gasteiger partial charge in [0.2, 0.25) is 0 Å². The Morgan fingerprint density at radius 3 is 2.73 bits per heavy atom. The van der Waals surface area contributed by atoms with Gasteiger partial charge < -0.3 is 9.15 Å². The lowest BCUT2D eigenvalue weighted by Gasteiger charge is -2.09. The Labute approximate surface area is 162 Å². The van der Waals surface area contributed by atoms with E-state index in [1.54, 1.807) is 30.3 Å². The highest BCUT2D eigenvalue weighted by atomic mass is 35.5. The van der Waals surface area contributed by atoms with E-state index in [9.17, 15) is 14.4 Å². The molecule has 1 aromatic heterocycles. The smallest absolute Gasteiger partial charge is 0.325 e. The number of esters is 1. The van der Waals surface area contributed by atoms with Crippen LogP contribution in [-0.4, -0.2) is 35.7 Å². The highest BCUT2D eigenvalue weighted by Gasteiger charge is 2.36. The highest BCUT2D eigenvalue weighted by Crippen LogP contribution is 2.35. The zero-order valence-corrected chi connectivity index (χ0v) is 15.7. The Hall–Kier alpha value is -2.22. The van der Waals surface area contributed by atoms with Gasteiger partial charge in [-0.3, -0.25) is 19.3 Å². The van der Waals surface area contributed by atoms with Gasteiger partial charge in [-0.05, 0) is 42.1 Å². The van der Waals surface area contributed by atoms with Crippen LogP contribution in [0.25, 0.3) is 17.4 Å². The van der Waals surface area contributed by atoms with E-state index < -0.39 is 23.7 Å². The Kier molecular flexibility index (Phi) is 5.41. The van der Waals surface area contributed by atoms with Gasteiger partial charge in [-0.15, -0.1) is 0 Å². The summed E-state index contributed by atoms with van der Waals surface area (Å²) in [4.78, 5) is 36.4. The monoisotopic (exact) mass is 411 g/mol. The van der Waals surface area contributed by atoms with Gasteiger partial charge >= 0.3 is 5.97 Å². The first-order chi connectivity index (χ1) is 12.4.